The number of benzene rings is 1. The number of fused-ring (bicyclic) bond motifs is 1. The van der Waals surface area contributed by atoms with Crippen molar-refractivity contribution in [2.24, 2.45) is 11.8 Å². The summed E-state index contributed by atoms with van der Waals surface area (Å²) in [5.41, 5.74) is 0.0671. The van der Waals surface area contributed by atoms with Crippen LogP contribution in [0.4, 0.5) is 4.79 Å². The van der Waals surface area contributed by atoms with Crippen LogP contribution in [0, 0.1) is 11.8 Å². The number of piperidine rings is 1. The highest BCUT2D eigenvalue weighted by atomic mass is 35.5. The van der Waals surface area contributed by atoms with Gasteiger partial charge in [0.2, 0.25) is 0 Å². The molecule has 1 aromatic carbocycles. The van der Waals surface area contributed by atoms with Crippen LogP contribution >= 0.6 is 23.2 Å². The second-order valence-corrected chi connectivity index (χ2v) is 8.11. The summed E-state index contributed by atoms with van der Waals surface area (Å²) in [7, 11) is 0. The highest BCUT2D eigenvalue weighted by Gasteiger charge is 2.70. The normalized spacial score (nSPS) is 29.2. The van der Waals surface area contributed by atoms with Gasteiger partial charge in [-0.05, 0) is 44.4 Å². The fraction of sp³-hybridized carbons (Fsp3) is 0.529. The lowest BCUT2D eigenvalue weighted by Gasteiger charge is -2.27. The topological polar surface area (TPSA) is 46.6 Å². The first-order chi connectivity index (χ1) is 10.7. The van der Waals surface area contributed by atoms with Crippen molar-refractivity contribution in [1.82, 2.24) is 4.90 Å². The summed E-state index contributed by atoms with van der Waals surface area (Å²) in [5, 5.41) is 0.943. The van der Waals surface area contributed by atoms with E-state index in [0.717, 1.165) is 11.8 Å². The minimum atomic E-state index is -0.537. The van der Waals surface area contributed by atoms with Gasteiger partial charge in [-0.25, -0.2) is 4.79 Å². The molecule has 0 spiro atoms. The van der Waals surface area contributed by atoms with Crippen LogP contribution in [0.2, 0.25) is 10.0 Å². The number of carbonyl (C=O) groups excluding carboxylic acids is 2. The maximum Gasteiger partial charge on any atom is 0.410 e. The van der Waals surface area contributed by atoms with Crippen LogP contribution in [-0.4, -0.2) is 36.0 Å². The van der Waals surface area contributed by atoms with Crippen molar-refractivity contribution < 1.29 is 14.3 Å². The molecule has 0 bridgehead atoms. The molecule has 0 N–H and O–H groups in total. The molecular weight excluding hydrogens is 337 g/mol. The standard InChI is InChI=1S/C17H19Cl2NO3/c1-16(2,3)23-15(22)20-7-11-12(8-21)17(11,9-20)10-4-5-13(18)14(19)6-10/h4-6,8,11-12H,7,9H2,1-3H3/t11-,12-,17+/m0/s1. The Labute approximate surface area is 145 Å². The smallest absolute Gasteiger partial charge is 0.410 e. The number of rotatable bonds is 2. The van der Waals surface area contributed by atoms with E-state index in [2.05, 4.69) is 0 Å². The lowest BCUT2D eigenvalue weighted by Crippen LogP contribution is -2.39. The summed E-state index contributed by atoms with van der Waals surface area (Å²) >= 11 is 12.1. The number of amides is 1. The van der Waals surface area contributed by atoms with Crippen LogP contribution in [-0.2, 0) is 14.9 Å². The Morgan fingerprint density at radius 2 is 2.04 bits per heavy atom. The van der Waals surface area contributed by atoms with Gasteiger partial charge >= 0.3 is 6.09 Å². The van der Waals surface area contributed by atoms with Crippen molar-refractivity contribution in [3.05, 3.63) is 33.8 Å². The molecule has 1 heterocycles. The first-order valence-electron chi connectivity index (χ1n) is 7.58. The first-order valence-corrected chi connectivity index (χ1v) is 8.33. The molecule has 1 saturated heterocycles. The maximum atomic E-state index is 12.3. The number of hydrogen-bond acceptors (Lipinski definition) is 3. The van der Waals surface area contributed by atoms with Gasteiger partial charge in [-0.15, -0.1) is 0 Å². The molecule has 0 unspecified atom stereocenters. The summed E-state index contributed by atoms with van der Waals surface area (Å²) in [5.74, 6) is 0.0307. The number of hydrogen-bond donors (Lipinski definition) is 0. The molecule has 4 nitrogen and oxygen atoms in total. The van der Waals surface area contributed by atoms with Crippen LogP contribution in [0.25, 0.3) is 0 Å². The molecule has 3 atom stereocenters. The predicted molar refractivity (Wildman–Crippen MR) is 89.0 cm³/mol. The van der Waals surface area contributed by atoms with E-state index in [1.807, 2.05) is 26.8 Å². The van der Waals surface area contributed by atoms with Crippen LogP contribution in [0.15, 0.2) is 18.2 Å². The molecule has 1 aromatic rings. The zero-order valence-electron chi connectivity index (χ0n) is 13.3. The summed E-state index contributed by atoms with van der Waals surface area (Å²) in [6.07, 6.45) is 0.647. The molecule has 124 valence electrons. The first kappa shape index (κ1) is 16.6. The van der Waals surface area contributed by atoms with Crippen LogP contribution < -0.4 is 0 Å². The number of carbonyl (C=O) groups is 2. The summed E-state index contributed by atoms with van der Waals surface area (Å²) in [6, 6.07) is 5.43. The van der Waals surface area contributed by atoms with Crippen LogP contribution in [0.3, 0.4) is 0 Å². The van der Waals surface area contributed by atoms with Crippen LogP contribution in [0.5, 0.6) is 0 Å². The van der Waals surface area contributed by atoms with Gasteiger partial charge in [0.05, 0.1) is 10.0 Å². The maximum absolute atomic E-state index is 12.3. The quantitative estimate of drug-likeness (QED) is 0.755. The molecular formula is C17H19Cl2NO3. The van der Waals surface area contributed by atoms with Crippen molar-refractivity contribution in [1.29, 1.82) is 0 Å². The lowest BCUT2D eigenvalue weighted by molar-refractivity contribution is -0.109. The van der Waals surface area contributed by atoms with Gasteiger partial charge in [-0.1, -0.05) is 29.3 Å². The molecule has 1 saturated carbocycles. The van der Waals surface area contributed by atoms with Crippen molar-refractivity contribution >= 4 is 35.6 Å². The summed E-state index contributed by atoms with van der Waals surface area (Å²) < 4.78 is 5.43. The van der Waals surface area contributed by atoms with Gasteiger partial charge in [-0.2, -0.15) is 0 Å². The van der Waals surface area contributed by atoms with Crippen LogP contribution in [0.1, 0.15) is 26.3 Å². The van der Waals surface area contributed by atoms with E-state index in [1.165, 1.54) is 0 Å². The number of aldehydes is 1. The molecule has 1 amide bonds. The van der Waals surface area contributed by atoms with Gasteiger partial charge in [0.25, 0.3) is 0 Å². The highest BCUT2D eigenvalue weighted by molar-refractivity contribution is 6.42. The third-order valence-electron chi connectivity index (χ3n) is 4.71. The Bertz CT molecular complexity index is 670. The molecule has 23 heavy (non-hydrogen) atoms. The predicted octanol–water partition coefficient (Wildman–Crippen LogP) is 3.93. The number of ether oxygens (including phenoxy) is 1. The highest BCUT2D eigenvalue weighted by Crippen LogP contribution is 2.63. The Hall–Kier alpha value is -1.26. The second-order valence-electron chi connectivity index (χ2n) is 7.30. The van der Waals surface area contributed by atoms with Gasteiger partial charge in [0, 0.05) is 24.4 Å². The molecule has 6 heteroatoms. The van der Waals surface area contributed by atoms with E-state index in [-0.39, 0.29) is 23.3 Å². The van der Waals surface area contributed by atoms with E-state index < -0.39 is 5.60 Å². The van der Waals surface area contributed by atoms with Crippen molar-refractivity contribution in [3.63, 3.8) is 0 Å². The second kappa shape index (κ2) is 5.38. The van der Waals surface area contributed by atoms with Gasteiger partial charge in [0.15, 0.2) is 0 Å². The molecule has 2 aliphatic rings. The molecule has 0 aromatic heterocycles. The Balaban J connectivity index is 1.85. The monoisotopic (exact) mass is 355 g/mol. The number of nitrogens with zero attached hydrogens (tertiary/aromatic N) is 1. The fourth-order valence-corrected chi connectivity index (χ4v) is 3.93. The molecule has 1 aliphatic heterocycles. The van der Waals surface area contributed by atoms with E-state index in [9.17, 15) is 9.59 Å². The number of likely N-dealkylation sites (tertiary alicyclic amines) is 1. The third kappa shape index (κ3) is 2.72. The zero-order valence-corrected chi connectivity index (χ0v) is 14.8. The van der Waals surface area contributed by atoms with E-state index >= 15 is 0 Å². The zero-order chi connectivity index (χ0) is 17.0. The Morgan fingerprint density at radius 1 is 1.35 bits per heavy atom. The molecule has 0 radical (unpaired) electrons. The average Bonchev–Trinajstić information content (AvgIpc) is 2.87. The fourth-order valence-electron chi connectivity index (χ4n) is 3.63. The summed E-state index contributed by atoms with van der Waals surface area (Å²) in [4.78, 5) is 25.4. The van der Waals surface area contributed by atoms with E-state index in [4.69, 9.17) is 27.9 Å². The average molecular weight is 356 g/mol. The number of halogens is 2. The van der Waals surface area contributed by atoms with Crippen molar-refractivity contribution in [2.45, 2.75) is 31.8 Å². The van der Waals surface area contributed by atoms with Gasteiger partial charge < -0.3 is 14.4 Å². The molecule has 1 aliphatic carbocycles. The van der Waals surface area contributed by atoms with Gasteiger partial charge in [-0.3, -0.25) is 0 Å². The minimum Gasteiger partial charge on any atom is -0.444 e. The Kier molecular flexibility index (Phi) is 3.88. The molecule has 3 rings (SSSR count). The van der Waals surface area contributed by atoms with E-state index in [1.54, 1.807) is 17.0 Å². The largest absolute Gasteiger partial charge is 0.444 e. The lowest BCUT2D eigenvalue weighted by atomic mass is 9.93. The minimum absolute atomic E-state index is 0.0848. The SMILES string of the molecule is CC(C)(C)OC(=O)N1C[C@H]2[C@H](C=O)[C@@]2(c2ccc(Cl)c(Cl)c2)C1. The summed E-state index contributed by atoms with van der Waals surface area (Å²) in [6.45, 7) is 6.51. The van der Waals surface area contributed by atoms with Crippen molar-refractivity contribution in [2.75, 3.05) is 13.1 Å². The van der Waals surface area contributed by atoms with Gasteiger partial charge in [0.1, 0.15) is 11.9 Å². The third-order valence-corrected chi connectivity index (χ3v) is 5.44. The van der Waals surface area contributed by atoms with E-state index in [0.29, 0.717) is 23.1 Å². The Morgan fingerprint density at radius 3 is 2.61 bits per heavy atom. The van der Waals surface area contributed by atoms with Crippen molar-refractivity contribution in [3.8, 4) is 0 Å². The molecule has 2 fully saturated rings.